The minimum atomic E-state index is -0.0334. The van der Waals surface area contributed by atoms with Crippen molar-refractivity contribution in [2.45, 2.75) is 33.2 Å². The SMILES string of the molecule is CNc1cc(C(=O)N(C)C(C)CC(C)C)cc(Cl)n1. The molecule has 1 aromatic rings. The van der Waals surface area contributed by atoms with Gasteiger partial charge in [0.1, 0.15) is 11.0 Å². The Kier molecular flexibility index (Phi) is 5.60. The first-order valence-corrected chi connectivity index (χ1v) is 6.85. The number of anilines is 1. The number of pyridine rings is 1. The standard InChI is InChI=1S/C14H22ClN3O/c1-9(2)6-10(3)18(5)14(19)11-7-12(15)17-13(8-11)16-4/h7-10H,6H2,1-5H3,(H,16,17). The van der Waals surface area contributed by atoms with Gasteiger partial charge in [0.25, 0.3) is 5.91 Å². The van der Waals surface area contributed by atoms with Crippen LogP contribution in [-0.4, -0.2) is 35.9 Å². The highest BCUT2D eigenvalue weighted by atomic mass is 35.5. The lowest BCUT2D eigenvalue weighted by Crippen LogP contribution is -2.36. The van der Waals surface area contributed by atoms with Crippen LogP contribution in [0.3, 0.4) is 0 Å². The van der Waals surface area contributed by atoms with Crippen molar-refractivity contribution in [3.63, 3.8) is 0 Å². The second kappa shape index (κ2) is 6.75. The molecule has 1 unspecified atom stereocenters. The number of rotatable bonds is 5. The molecule has 0 aliphatic heterocycles. The average Bonchev–Trinajstić information content (AvgIpc) is 2.35. The number of hydrogen-bond acceptors (Lipinski definition) is 3. The summed E-state index contributed by atoms with van der Waals surface area (Å²) in [5.41, 5.74) is 0.558. The van der Waals surface area contributed by atoms with E-state index in [2.05, 4.69) is 31.1 Å². The van der Waals surface area contributed by atoms with Crippen LogP contribution in [0.1, 0.15) is 37.6 Å². The summed E-state index contributed by atoms with van der Waals surface area (Å²) in [7, 11) is 3.57. The van der Waals surface area contributed by atoms with Crippen LogP contribution in [0.4, 0.5) is 5.82 Å². The fourth-order valence-corrected chi connectivity index (χ4v) is 2.20. The topological polar surface area (TPSA) is 45.2 Å². The van der Waals surface area contributed by atoms with Gasteiger partial charge in [0.15, 0.2) is 0 Å². The van der Waals surface area contributed by atoms with Gasteiger partial charge in [-0.2, -0.15) is 0 Å². The van der Waals surface area contributed by atoms with Crippen LogP contribution in [0.5, 0.6) is 0 Å². The van der Waals surface area contributed by atoms with E-state index >= 15 is 0 Å². The van der Waals surface area contributed by atoms with E-state index in [4.69, 9.17) is 11.6 Å². The minimum Gasteiger partial charge on any atom is -0.373 e. The van der Waals surface area contributed by atoms with Crippen LogP contribution in [-0.2, 0) is 0 Å². The fraction of sp³-hybridized carbons (Fsp3) is 0.571. The van der Waals surface area contributed by atoms with Gasteiger partial charge in [0, 0.05) is 25.7 Å². The highest BCUT2D eigenvalue weighted by Gasteiger charge is 2.19. The van der Waals surface area contributed by atoms with Crippen molar-refractivity contribution in [2.75, 3.05) is 19.4 Å². The second-order valence-electron chi connectivity index (χ2n) is 5.21. The van der Waals surface area contributed by atoms with Crippen LogP contribution >= 0.6 is 11.6 Å². The number of hydrogen-bond donors (Lipinski definition) is 1. The molecular weight excluding hydrogens is 262 g/mol. The molecular formula is C14H22ClN3O. The zero-order chi connectivity index (χ0) is 14.6. The Morgan fingerprint density at radius 2 is 2.05 bits per heavy atom. The first-order chi connectivity index (χ1) is 8.85. The third-order valence-electron chi connectivity index (χ3n) is 3.09. The summed E-state index contributed by atoms with van der Waals surface area (Å²) in [4.78, 5) is 18.2. The number of nitrogens with zero attached hydrogens (tertiary/aromatic N) is 2. The van der Waals surface area contributed by atoms with E-state index in [-0.39, 0.29) is 11.9 Å². The molecule has 19 heavy (non-hydrogen) atoms. The summed E-state index contributed by atoms with van der Waals surface area (Å²) in [6.07, 6.45) is 0.972. The number of carbonyl (C=O) groups excluding carboxylic acids is 1. The summed E-state index contributed by atoms with van der Waals surface area (Å²) in [6, 6.07) is 3.51. The summed E-state index contributed by atoms with van der Waals surface area (Å²) in [5, 5.41) is 3.22. The average molecular weight is 284 g/mol. The summed E-state index contributed by atoms with van der Waals surface area (Å²) in [5.74, 6) is 1.12. The molecule has 1 aromatic heterocycles. The van der Waals surface area contributed by atoms with Crippen LogP contribution in [0.15, 0.2) is 12.1 Å². The first-order valence-electron chi connectivity index (χ1n) is 6.47. The van der Waals surface area contributed by atoms with Crippen LogP contribution in [0, 0.1) is 5.92 Å². The van der Waals surface area contributed by atoms with E-state index < -0.39 is 0 Å². The Labute approximate surface area is 120 Å². The van der Waals surface area contributed by atoms with E-state index in [0.717, 1.165) is 6.42 Å². The molecule has 106 valence electrons. The molecule has 0 fully saturated rings. The number of nitrogens with one attached hydrogen (secondary N) is 1. The van der Waals surface area contributed by atoms with E-state index in [0.29, 0.717) is 22.5 Å². The van der Waals surface area contributed by atoms with Gasteiger partial charge in [0.2, 0.25) is 0 Å². The molecule has 0 saturated heterocycles. The van der Waals surface area contributed by atoms with Crippen molar-refractivity contribution in [3.8, 4) is 0 Å². The smallest absolute Gasteiger partial charge is 0.254 e. The van der Waals surface area contributed by atoms with Crippen molar-refractivity contribution < 1.29 is 4.79 Å². The first kappa shape index (κ1) is 15.8. The third-order valence-corrected chi connectivity index (χ3v) is 3.28. The maximum Gasteiger partial charge on any atom is 0.254 e. The lowest BCUT2D eigenvalue weighted by molar-refractivity contribution is 0.0728. The van der Waals surface area contributed by atoms with E-state index in [1.165, 1.54) is 0 Å². The molecule has 1 N–H and O–H groups in total. The maximum absolute atomic E-state index is 12.4. The lowest BCUT2D eigenvalue weighted by Gasteiger charge is -2.26. The fourth-order valence-electron chi connectivity index (χ4n) is 1.99. The molecule has 0 aliphatic carbocycles. The normalized spacial score (nSPS) is 12.4. The Morgan fingerprint density at radius 1 is 1.42 bits per heavy atom. The molecule has 0 spiro atoms. The molecule has 0 radical (unpaired) electrons. The van der Waals surface area contributed by atoms with Gasteiger partial charge in [0.05, 0.1) is 0 Å². The largest absolute Gasteiger partial charge is 0.373 e. The van der Waals surface area contributed by atoms with Gasteiger partial charge >= 0.3 is 0 Å². The molecule has 1 rings (SSSR count). The number of halogens is 1. The van der Waals surface area contributed by atoms with Crippen LogP contribution in [0.2, 0.25) is 5.15 Å². The highest BCUT2D eigenvalue weighted by Crippen LogP contribution is 2.18. The molecule has 0 aromatic carbocycles. The molecule has 1 heterocycles. The quantitative estimate of drug-likeness (QED) is 0.844. The molecule has 0 saturated carbocycles. The zero-order valence-electron chi connectivity index (χ0n) is 12.2. The minimum absolute atomic E-state index is 0.0334. The Morgan fingerprint density at radius 3 is 2.58 bits per heavy atom. The van der Waals surface area contributed by atoms with Gasteiger partial charge in [-0.15, -0.1) is 0 Å². The van der Waals surface area contributed by atoms with Gasteiger partial charge in [-0.25, -0.2) is 4.98 Å². The number of aromatic nitrogens is 1. The van der Waals surface area contributed by atoms with Crippen molar-refractivity contribution in [2.24, 2.45) is 5.92 Å². The van der Waals surface area contributed by atoms with Crippen molar-refractivity contribution in [1.29, 1.82) is 0 Å². The molecule has 0 bridgehead atoms. The van der Waals surface area contributed by atoms with Gasteiger partial charge in [-0.1, -0.05) is 25.4 Å². The predicted molar refractivity (Wildman–Crippen MR) is 79.8 cm³/mol. The summed E-state index contributed by atoms with van der Waals surface area (Å²) in [6.45, 7) is 6.36. The van der Waals surface area contributed by atoms with E-state index in [1.54, 1.807) is 24.1 Å². The van der Waals surface area contributed by atoms with E-state index in [1.807, 2.05) is 7.05 Å². The second-order valence-corrected chi connectivity index (χ2v) is 5.60. The molecule has 4 nitrogen and oxygen atoms in total. The molecule has 1 atom stereocenters. The monoisotopic (exact) mass is 283 g/mol. The zero-order valence-corrected chi connectivity index (χ0v) is 13.0. The van der Waals surface area contributed by atoms with Crippen LogP contribution in [0.25, 0.3) is 0 Å². The van der Waals surface area contributed by atoms with Gasteiger partial charge < -0.3 is 10.2 Å². The predicted octanol–water partition coefficient (Wildman–Crippen LogP) is 3.28. The van der Waals surface area contributed by atoms with Crippen molar-refractivity contribution in [1.82, 2.24) is 9.88 Å². The van der Waals surface area contributed by atoms with Crippen molar-refractivity contribution in [3.05, 3.63) is 22.8 Å². The maximum atomic E-state index is 12.4. The Balaban J connectivity index is 2.90. The highest BCUT2D eigenvalue weighted by molar-refractivity contribution is 6.29. The van der Waals surface area contributed by atoms with Crippen molar-refractivity contribution >= 4 is 23.3 Å². The van der Waals surface area contributed by atoms with Gasteiger partial charge in [-0.05, 0) is 31.4 Å². The third kappa shape index (κ3) is 4.39. The van der Waals surface area contributed by atoms with Gasteiger partial charge in [-0.3, -0.25) is 4.79 Å². The molecule has 1 amide bonds. The molecule has 0 aliphatic rings. The lowest BCUT2D eigenvalue weighted by atomic mass is 10.0. The Bertz CT molecular complexity index is 448. The summed E-state index contributed by atoms with van der Waals surface area (Å²) < 4.78 is 0. The van der Waals surface area contributed by atoms with Crippen LogP contribution < -0.4 is 5.32 Å². The number of amides is 1. The summed E-state index contributed by atoms with van der Waals surface area (Å²) >= 11 is 5.92. The molecule has 5 heteroatoms. The Hall–Kier alpha value is -1.29. The van der Waals surface area contributed by atoms with E-state index in [9.17, 15) is 4.79 Å². The number of carbonyl (C=O) groups is 1.